The monoisotopic (exact) mass is 316 g/mol. The lowest BCUT2D eigenvalue weighted by atomic mass is 9.74. The molecule has 2 unspecified atom stereocenters. The number of hydrogen-bond donors (Lipinski definition) is 4. The van der Waals surface area contributed by atoms with Crippen LogP contribution in [-0.2, 0) is 6.42 Å². The number of aliphatic hydroxyl groups excluding tert-OH is 2. The van der Waals surface area contributed by atoms with Crippen LogP contribution < -0.4 is 0 Å². The fraction of sp³-hybridized carbons (Fsp3) is 0.368. The van der Waals surface area contributed by atoms with Crippen molar-refractivity contribution in [2.24, 2.45) is 5.92 Å². The van der Waals surface area contributed by atoms with Gasteiger partial charge >= 0.3 is 0 Å². The van der Waals surface area contributed by atoms with Crippen molar-refractivity contribution in [3.05, 3.63) is 58.7 Å². The molecule has 0 fully saturated rings. The molecule has 0 heterocycles. The maximum atomic E-state index is 9.75. The number of fused-ring (bicyclic) bond motifs is 1. The lowest BCUT2D eigenvalue weighted by molar-refractivity contribution is 0.208. The predicted octanol–water partition coefficient (Wildman–Crippen LogP) is 2.70. The van der Waals surface area contributed by atoms with Crippen molar-refractivity contribution in [3.8, 4) is 11.5 Å². The topological polar surface area (TPSA) is 80.9 Å². The first kappa shape index (κ1) is 17.3. The van der Waals surface area contributed by atoms with Gasteiger partial charge in [0.05, 0.1) is 0 Å². The minimum atomic E-state index is -0.0996. The minimum Gasteiger partial charge on any atom is -0.504 e. The maximum absolute atomic E-state index is 9.75. The Bertz CT molecular complexity index is 666. The third-order valence-electron chi connectivity index (χ3n) is 4.41. The number of benzene rings is 2. The van der Waals surface area contributed by atoms with Crippen molar-refractivity contribution >= 4 is 0 Å². The molecule has 0 saturated carbocycles. The van der Waals surface area contributed by atoms with Crippen LogP contribution in [0.4, 0.5) is 0 Å². The van der Waals surface area contributed by atoms with E-state index in [-0.39, 0.29) is 29.9 Å². The number of aromatic hydroxyl groups is 2. The molecular formula is C19H24O4. The average Bonchev–Trinajstić information content (AvgIpc) is 2.57. The predicted molar refractivity (Wildman–Crippen MR) is 89.8 cm³/mol. The molecule has 1 aliphatic rings. The Labute approximate surface area is 136 Å². The molecule has 23 heavy (non-hydrogen) atoms. The summed E-state index contributed by atoms with van der Waals surface area (Å²) in [5.41, 5.74) is 4.74. The van der Waals surface area contributed by atoms with Gasteiger partial charge in [-0.15, -0.1) is 0 Å². The Morgan fingerprint density at radius 1 is 1.00 bits per heavy atom. The Morgan fingerprint density at radius 3 is 2.39 bits per heavy atom. The zero-order chi connectivity index (χ0) is 17.0. The van der Waals surface area contributed by atoms with E-state index in [4.69, 9.17) is 5.11 Å². The van der Waals surface area contributed by atoms with Crippen molar-refractivity contribution in [1.82, 2.24) is 0 Å². The van der Waals surface area contributed by atoms with Crippen molar-refractivity contribution in [2.45, 2.75) is 25.7 Å². The summed E-state index contributed by atoms with van der Waals surface area (Å²) in [5, 5.41) is 35.8. The largest absolute Gasteiger partial charge is 0.504 e. The summed E-state index contributed by atoms with van der Waals surface area (Å²) in [6.45, 7) is 2.25. The summed E-state index contributed by atoms with van der Waals surface area (Å²) in [5.74, 6) is 0.197. The Balaban J connectivity index is 0.000000924. The average molecular weight is 316 g/mol. The first-order chi connectivity index (χ1) is 11.1. The molecule has 124 valence electrons. The highest BCUT2D eigenvalue weighted by atomic mass is 16.3. The number of hydrogen-bond acceptors (Lipinski definition) is 4. The molecular weight excluding hydrogens is 292 g/mol. The fourth-order valence-electron chi connectivity index (χ4n) is 3.32. The quantitative estimate of drug-likeness (QED) is 0.642. The van der Waals surface area contributed by atoms with Gasteiger partial charge in [-0.2, -0.15) is 0 Å². The van der Waals surface area contributed by atoms with Gasteiger partial charge in [0.2, 0.25) is 0 Å². The zero-order valence-corrected chi connectivity index (χ0v) is 13.5. The summed E-state index contributed by atoms with van der Waals surface area (Å²) in [7, 11) is 1.00. The molecule has 3 rings (SSSR count). The van der Waals surface area contributed by atoms with Crippen LogP contribution in [0.1, 0.15) is 34.6 Å². The summed E-state index contributed by atoms with van der Waals surface area (Å²) >= 11 is 0. The van der Waals surface area contributed by atoms with Crippen LogP contribution in [0.2, 0.25) is 0 Å². The van der Waals surface area contributed by atoms with E-state index in [0.717, 1.165) is 25.5 Å². The second-order valence-electron chi connectivity index (χ2n) is 5.99. The van der Waals surface area contributed by atoms with Crippen LogP contribution in [0.15, 0.2) is 36.4 Å². The van der Waals surface area contributed by atoms with Crippen LogP contribution >= 0.6 is 0 Å². The Morgan fingerprint density at radius 2 is 1.74 bits per heavy atom. The molecule has 0 saturated heterocycles. The van der Waals surface area contributed by atoms with Crippen LogP contribution in [0.3, 0.4) is 0 Å². The van der Waals surface area contributed by atoms with E-state index >= 15 is 0 Å². The molecule has 2 atom stereocenters. The van der Waals surface area contributed by atoms with Crippen molar-refractivity contribution in [3.63, 3.8) is 0 Å². The molecule has 0 bridgehead atoms. The van der Waals surface area contributed by atoms with Crippen LogP contribution in [0, 0.1) is 12.8 Å². The SMILES string of the molecule is CO.Cc1ccc2c(c1)CC(CO)CC2c1ccc(O)c(O)c1. The third-order valence-corrected chi connectivity index (χ3v) is 4.41. The molecule has 2 aromatic rings. The van der Waals surface area contributed by atoms with Crippen molar-refractivity contribution in [2.75, 3.05) is 13.7 Å². The molecule has 4 N–H and O–H groups in total. The molecule has 4 heteroatoms. The van der Waals surface area contributed by atoms with Gasteiger partial charge < -0.3 is 20.4 Å². The van der Waals surface area contributed by atoms with Gasteiger partial charge in [-0.3, -0.25) is 0 Å². The highest BCUT2D eigenvalue weighted by molar-refractivity contribution is 5.47. The second-order valence-corrected chi connectivity index (χ2v) is 5.99. The van der Waals surface area contributed by atoms with Gasteiger partial charge in [-0.25, -0.2) is 0 Å². The molecule has 0 radical (unpaired) electrons. The van der Waals surface area contributed by atoms with Gasteiger partial charge in [0.1, 0.15) is 0 Å². The lowest BCUT2D eigenvalue weighted by Gasteiger charge is -2.31. The first-order valence-electron chi connectivity index (χ1n) is 7.75. The van der Waals surface area contributed by atoms with Gasteiger partial charge in [-0.1, -0.05) is 29.8 Å². The highest BCUT2D eigenvalue weighted by Crippen LogP contribution is 2.41. The van der Waals surface area contributed by atoms with Gasteiger partial charge in [0.25, 0.3) is 0 Å². The number of aliphatic hydroxyl groups is 2. The molecule has 0 spiro atoms. The van der Waals surface area contributed by atoms with Crippen LogP contribution in [0.5, 0.6) is 11.5 Å². The van der Waals surface area contributed by atoms with E-state index in [1.165, 1.54) is 22.8 Å². The summed E-state index contributed by atoms with van der Waals surface area (Å²) in [6.07, 6.45) is 1.75. The van der Waals surface area contributed by atoms with Gasteiger partial charge in [-0.05, 0) is 54.5 Å². The molecule has 1 aliphatic carbocycles. The van der Waals surface area contributed by atoms with Crippen LogP contribution in [-0.4, -0.2) is 34.1 Å². The molecule has 4 nitrogen and oxygen atoms in total. The van der Waals surface area contributed by atoms with E-state index in [2.05, 4.69) is 25.1 Å². The number of aryl methyl sites for hydroxylation is 1. The number of phenolic OH excluding ortho intramolecular Hbond substituents is 2. The van der Waals surface area contributed by atoms with Crippen molar-refractivity contribution in [1.29, 1.82) is 0 Å². The van der Waals surface area contributed by atoms with E-state index in [9.17, 15) is 15.3 Å². The van der Waals surface area contributed by atoms with Gasteiger partial charge in [0.15, 0.2) is 11.5 Å². The van der Waals surface area contributed by atoms with Crippen LogP contribution in [0.25, 0.3) is 0 Å². The standard InChI is InChI=1S/C18H20O3.CH4O/c1-11-2-4-15-14(6-11)7-12(10-19)8-16(15)13-3-5-17(20)18(21)9-13;1-2/h2-6,9,12,16,19-21H,7-8,10H2,1H3;2H,1H3. The molecule has 0 amide bonds. The molecule has 2 aromatic carbocycles. The molecule has 0 aromatic heterocycles. The van der Waals surface area contributed by atoms with E-state index < -0.39 is 0 Å². The minimum absolute atomic E-state index is 0.0905. The smallest absolute Gasteiger partial charge is 0.157 e. The summed E-state index contributed by atoms with van der Waals surface area (Å²) in [6, 6.07) is 11.4. The second kappa shape index (κ2) is 7.49. The normalized spacial score (nSPS) is 19.5. The molecule has 0 aliphatic heterocycles. The number of phenols is 2. The highest BCUT2D eigenvalue weighted by Gasteiger charge is 2.28. The van der Waals surface area contributed by atoms with Gasteiger partial charge in [0, 0.05) is 19.6 Å². The van der Waals surface area contributed by atoms with E-state index in [1.807, 2.05) is 6.07 Å². The van der Waals surface area contributed by atoms with Crippen molar-refractivity contribution < 1.29 is 20.4 Å². The van der Waals surface area contributed by atoms with E-state index in [0.29, 0.717) is 0 Å². The maximum Gasteiger partial charge on any atom is 0.157 e. The summed E-state index contributed by atoms with van der Waals surface area (Å²) in [4.78, 5) is 0. The number of rotatable bonds is 2. The Kier molecular flexibility index (Phi) is 5.64. The zero-order valence-electron chi connectivity index (χ0n) is 13.5. The Hall–Kier alpha value is -2.04. The third kappa shape index (κ3) is 3.66. The first-order valence-corrected chi connectivity index (χ1v) is 7.75. The lowest BCUT2D eigenvalue weighted by Crippen LogP contribution is -2.22. The fourth-order valence-corrected chi connectivity index (χ4v) is 3.32. The summed E-state index contributed by atoms with van der Waals surface area (Å²) < 4.78 is 0. The van der Waals surface area contributed by atoms with E-state index in [1.54, 1.807) is 6.07 Å².